The van der Waals surface area contributed by atoms with E-state index in [1.807, 2.05) is 4.90 Å². The molecule has 1 fully saturated rings. The number of hydrogen-bond acceptors (Lipinski definition) is 3. The number of carboxylic acid groups (broad SMARTS) is 1. The molecular weight excluding hydrogens is 303 g/mol. The maximum atomic E-state index is 13.6. The highest BCUT2D eigenvalue weighted by atomic mass is 79.9. The number of benzene rings is 1. The van der Waals surface area contributed by atoms with Gasteiger partial charge in [-0.25, -0.2) is 4.39 Å². The summed E-state index contributed by atoms with van der Waals surface area (Å²) in [5, 5.41) is 9.02. The minimum absolute atomic E-state index is 0.244. The average molecular weight is 317 g/mol. The number of carbonyl (C=O) groups is 1. The molecule has 1 aromatic rings. The zero-order chi connectivity index (χ0) is 13.3. The Kier molecular flexibility index (Phi) is 3.70. The Morgan fingerprint density at radius 3 is 2.94 bits per heavy atom. The molecule has 1 unspecified atom stereocenters. The smallest absolute Gasteiger partial charge is 0.325 e. The summed E-state index contributed by atoms with van der Waals surface area (Å²) in [6.45, 7) is 1.18. The quantitative estimate of drug-likeness (QED) is 0.888. The minimum Gasteiger partial charge on any atom is -0.480 e. The molecule has 4 nitrogen and oxygen atoms in total. The zero-order valence-corrected chi connectivity index (χ0v) is 11.3. The first kappa shape index (κ1) is 13.5. The Morgan fingerprint density at radius 2 is 2.33 bits per heavy atom. The number of nitrogens with zero attached hydrogens (tertiary/aromatic N) is 1. The molecule has 1 aliphatic heterocycles. The second kappa shape index (κ2) is 4.95. The van der Waals surface area contributed by atoms with Gasteiger partial charge in [-0.2, -0.15) is 0 Å². The minimum atomic E-state index is -1.21. The maximum Gasteiger partial charge on any atom is 0.325 e. The van der Waals surface area contributed by atoms with Crippen molar-refractivity contribution in [3.63, 3.8) is 0 Å². The van der Waals surface area contributed by atoms with E-state index in [1.54, 1.807) is 12.1 Å². The van der Waals surface area contributed by atoms with Crippen LogP contribution in [-0.4, -0.2) is 34.6 Å². The van der Waals surface area contributed by atoms with Gasteiger partial charge in [0, 0.05) is 29.7 Å². The number of nitrogens with two attached hydrogens (primary N) is 1. The number of hydrogen-bond donors (Lipinski definition) is 2. The van der Waals surface area contributed by atoms with Crippen molar-refractivity contribution in [3.8, 4) is 0 Å². The van der Waals surface area contributed by atoms with Crippen molar-refractivity contribution in [3.05, 3.63) is 34.1 Å². The van der Waals surface area contributed by atoms with Crippen molar-refractivity contribution in [1.29, 1.82) is 0 Å². The molecule has 0 aliphatic carbocycles. The van der Waals surface area contributed by atoms with Gasteiger partial charge in [-0.1, -0.05) is 15.9 Å². The van der Waals surface area contributed by atoms with Crippen LogP contribution >= 0.6 is 15.9 Å². The molecule has 18 heavy (non-hydrogen) atoms. The molecule has 0 saturated carbocycles. The fourth-order valence-electron chi connectivity index (χ4n) is 2.13. The first-order valence-corrected chi connectivity index (χ1v) is 6.38. The molecule has 1 atom stereocenters. The van der Waals surface area contributed by atoms with Crippen molar-refractivity contribution in [2.75, 3.05) is 13.1 Å². The Balaban J connectivity index is 2.08. The Labute approximate surface area is 113 Å². The first-order valence-electron chi connectivity index (χ1n) is 5.59. The summed E-state index contributed by atoms with van der Waals surface area (Å²) >= 11 is 3.29. The monoisotopic (exact) mass is 316 g/mol. The molecule has 1 heterocycles. The van der Waals surface area contributed by atoms with Gasteiger partial charge < -0.3 is 10.8 Å². The molecule has 0 bridgehead atoms. The molecule has 3 N–H and O–H groups in total. The predicted octanol–water partition coefficient (Wildman–Crippen LogP) is 1.58. The average Bonchev–Trinajstić information content (AvgIpc) is 2.67. The molecule has 0 spiro atoms. The highest BCUT2D eigenvalue weighted by Gasteiger charge is 2.41. The van der Waals surface area contributed by atoms with Crippen LogP contribution in [-0.2, 0) is 11.3 Å². The van der Waals surface area contributed by atoms with E-state index in [1.165, 1.54) is 6.07 Å². The van der Waals surface area contributed by atoms with Gasteiger partial charge in [-0.05, 0) is 24.6 Å². The van der Waals surface area contributed by atoms with Gasteiger partial charge in [0.05, 0.1) is 0 Å². The molecule has 0 radical (unpaired) electrons. The molecule has 0 aromatic heterocycles. The number of likely N-dealkylation sites (tertiary alicyclic amines) is 1. The van der Waals surface area contributed by atoms with Crippen molar-refractivity contribution in [2.45, 2.75) is 18.5 Å². The Hall–Kier alpha value is -0.980. The predicted molar refractivity (Wildman–Crippen MR) is 68.5 cm³/mol. The van der Waals surface area contributed by atoms with Crippen LogP contribution < -0.4 is 5.73 Å². The van der Waals surface area contributed by atoms with E-state index in [-0.39, 0.29) is 12.4 Å². The van der Waals surface area contributed by atoms with Gasteiger partial charge in [0.25, 0.3) is 0 Å². The fraction of sp³-hybridized carbons (Fsp3) is 0.417. The van der Waals surface area contributed by atoms with Crippen molar-refractivity contribution in [2.24, 2.45) is 5.73 Å². The SMILES string of the molecule is NC1(C(=O)O)CCN(Cc2cc(Br)ccc2F)C1. The van der Waals surface area contributed by atoms with Crippen LogP contribution in [0.5, 0.6) is 0 Å². The summed E-state index contributed by atoms with van der Waals surface area (Å²) < 4.78 is 14.4. The van der Waals surface area contributed by atoms with Gasteiger partial charge in [-0.15, -0.1) is 0 Å². The third-order valence-corrected chi connectivity index (χ3v) is 3.70. The third-order valence-electron chi connectivity index (χ3n) is 3.21. The summed E-state index contributed by atoms with van der Waals surface area (Å²) in [5.41, 5.74) is 5.10. The molecule has 1 saturated heterocycles. The first-order chi connectivity index (χ1) is 8.40. The van der Waals surface area contributed by atoms with E-state index in [0.717, 1.165) is 4.47 Å². The van der Waals surface area contributed by atoms with Crippen LogP contribution in [0.2, 0.25) is 0 Å². The van der Waals surface area contributed by atoms with Gasteiger partial charge >= 0.3 is 5.97 Å². The Bertz CT molecular complexity index is 483. The van der Waals surface area contributed by atoms with E-state index >= 15 is 0 Å². The summed E-state index contributed by atoms with van der Waals surface area (Å²) in [7, 11) is 0. The molecular formula is C12H14BrFN2O2. The second-order valence-corrected chi connectivity index (χ2v) is 5.57. The maximum absolute atomic E-state index is 13.6. The highest BCUT2D eigenvalue weighted by molar-refractivity contribution is 9.10. The van der Waals surface area contributed by atoms with Crippen molar-refractivity contribution in [1.82, 2.24) is 4.90 Å². The van der Waals surface area contributed by atoms with E-state index in [0.29, 0.717) is 25.1 Å². The topological polar surface area (TPSA) is 66.6 Å². The van der Waals surface area contributed by atoms with Gasteiger partial charge in [-0.3, -0.25) is 9.69 Å². The standard InChI is InChI=1S/C12H14BrFN2O2/c13-9-1-2-10(14)8(5-9)6-16-4-3-12(15,7-16)11(17)18/h1-2,5H,3-4,6-7,15H2,(H,17,18). The molecule has 6 heteroatoms. The molecule has 1 aliphatic rings. The van der Waals surface area contributed by atoms with Crippen LogP contribution in [0, 0.1) is 5.82 Å². The summed E-state index contributed by atoms with van der Waals surface area (Å²) in [5.74, 6) is -1.29. The van der Waals surface area contributed by atoms with E-state index in [4.69, 9.17) is 10.8 Å². The van der Waals surface area contributed by atoms with Crippen LogP contribution in [0.4, 0.5) is 4.39 Å². The third kappa shape index (κ3) is 2.71. The molecule has 98 valence electrons. The lowest BCUT2D eigenvalue weighted by Gasteiger charge is -2.20. The van der Waals surface area contributed by atoms with Gasteiger partial charge in [0.2, 0.25) is 0 Å². The van der Waals surface area contributed by atoms with E-state index in [9.17, 15) is 9.18 Å². The number of aliphatic carboxylic acids is 1. The second-order valence-electron chi connectivity index (χ2n) is 4.66. The zero-order valence-electron chi connectivity index (χ0n) is 9.70. The van der Waals surface area contributed by atoms with Crippen molar-refractivity contribution < 1.29 is 14.3 Å². The molecule has 0 amide bonds. The van der Waals surface area contributed by atoms with Crippen molar-refractivity contribution >= 4 is 21.9 Å². The van der Waals surface area contributed by atoms with E-state index < -0.39 is 11.5 Å². The number of carboxylic acids is 1. The van der Waals surface area contributed by atoms with Crippen LogP contribution in [0.25, 0.3) is 0 Å². The summed E-state index contributed by atoms with van der Waals surface area (Å²) in [6, 6.07) is 4.72. The fourth-order valence-corrected chi connectivity index (χ4v) is 2.54. The summed E-state index contributed by atoms with van der Waals surface area (Å²) in [4.78, 5) is 12.9. The number of halogens is 2. The molecule has 2 rings (SSSR count). The summed E-state index contributed by atoms with van der Waals surface area (Å²) in [6.07, 6.45) is 0.387. The normalized spacial score (nSPS) is 24.4. The largest absolute Gasteiger partial charge is 0.480 e. The lowest BCUT2D eigenvalue weighted by Crippen LogP contribution is -2.50. The van der Waals surface area contributed by atoms with E-state index in [2.05, 4.69) is 15.9 Å². The lowest BCUT2D eigenvalue weighted by atomic mass is 10.0. The van der Waals surface area contributed by atoms with Crippen LogP contribution in [0.15, 0.2) is 22.7 Å². The Morgan fingerprint density at radius 1 is 1.61 bits per heavy atom. The van der Waals surface area contributed by atoms with Gasteiger partial charge in [0.1, 0.15) is 11.4 Å². The van der Waals surface area contributed by atoms with Gasteiger partial charge in [0.15, 0.2) is 0 Å². The number of rotatable bonds is 3. The van der Waals surface area contributed by atoms with Crippen LogP contribution in [0.3, 0.4) is 0 Å². The molecule has 1 aromatic carbocycles. The van der Waals surface area contributed by atoms with Crippen LogP contribution in [0.1, 0.15) is 12.0 Å². The lowest BCUT2D eigenvalue weighted by molar-refractivity contribution is -0.142. The highest BCUT2D eigenvalue weighted by Crippen LogP contribution is 2.23.